The predicted molar refractivity (Wildman–Crippen MR) is 83.6 cm³/mol. The lowest BCUT2D eigenvalue weighted by Gasteiger charge is -2.23. The van der Waals surface area contributed by atoms with Gasteiger partial charge in [0.15, 0.2) is 0 Å². The van der Waals surface area contributed by atoms with Crippen LogP contribution in [-0.2, 0) is 23.2 Å². The highest BCUT2D eigenvalue weighted by atomic mass is 16.3. The molecule has 2 amide bonds. The van der Waals surface area contributed by atoms with E-state index in [2.05, 4.69) is 10.4 Å². The first-order valence-electron chi connectivity index (χ1n) is 7.60. The molecule has 0 radical (unpaired) electrons. The number of anilines is 1. The van der Waals surface area contributed by atoms with Crippen molar-refractivity contribution >= 4 is 17.6 Å². The number of carbonyl (C=O) groups excluding carboxylic acids is 2. The normalized spacial score (nSPS) is 17.8. The molecule has 0 saturated carbocycles. The molecule has 7 nitrogen and oxygen atoms in total. The van der Waals surface area contributed by atoms with Gasteiger partial charge in [0.2, 0.25) is 11.8 Å². The van der Waals surface area contributed by atoms with Crippen LogP contribution in [0.5, 0.6) is 0 Å². The molecule has 3 heterocycles. The molecule has 1 N–H and O–H groups in total. The van der Waals surface area contributed by atoms with Crippen LogP contribution in [0.4, 0.5) is 5.82 Å². The molecule has 0 aromatic carbocycles. The Hall–Kier alpha value is -2.57. The van der Waals surface area contributed by atoms with Gasteiger partial charge in [0.05, 0.1) is 12.2 Å². The van der Waals surface area contributed by atoms with Gasteiger partial charge in [-0.05, 0) is 32.4 Å². The Morgan fingerprint density at radius 3 is 2.83 bits per heavy atom. The molecule has 1 aliphatic heterocycles. The third kappa shape index (κ3) is 3.13. The van der Waals surface area contributed by atoms with Crippen molar-refractivity contribution in [3.05, 3.63) is 35.4 Å². The Morgan fingerprint density at radius 2 is 2.22 bits per heavy atom. The van der Waals surface area contributed by atoms with Crippen LogP contribution in [0.2, 0.25) is 0 Å². The molecule has 1 saturated heterocycles. The number of nitrogens with one attached hydrogen (secondary N) is 1. The zero-order valence-corrected chi connectivity index (χ0v) is 13.5. The zero-order chi connectivity index (χ0) is 16.6. The SMILES string of the molecule is Cc1cc(NC(=O)[C@@H]2CCC(=O)N2Cc2ccc(C)o2)n(C)n1. The molecule has 1 fully saturated rings. The van der Waals surface area contributed by atoms with E-state index in [4.69, 9.17) is 4.42 Å². The average molecular weight is 316 g/mol. The van der Waals surface area contributed by atoms with E-state index in [0.717, 1.165) is 11.5 Å². The summed E-state index contributed by atoms with van der Waals surface area (Å²) in [5, 5.41) is 7.05. The summed E-state index contributed by atoms with van der Waals surface area (Å²) in [6, 6.07) is 5.00. The van der Waals surface area contributed by atoms with E-state index in [0.29, 0.717) is 31.0 Å². The summed E-state index contributed by atoms with van der Waals surface area (Å²) in [5.74, 6) is 1.88. The first-order chi connectivity index (χ1) is 10.9. The first-order valence-corrected chi connectivity index (χ1v) is 7.60. The van der Waals surface area contributed by atoms with E-state index in [-0.39, 0.29) is 11.8 Å². The van der Waals surface area contributed by atoms with Crippen molar-refractivity contribution in [1.82, 2.24) is 14.7 Å². The van der Waals surface area contributed by atoms with E-state index in [1.165, 1.54) is 0 Å². The Labute approximate surface area is 134 Å². The van der Waals surface area contributed by atoms with Crippen LogP contribution in [0.1, 0.15) is 30.1 Å². The van der Waals surface area contributed by atoms with E-state index < -0.39 is 6.04 Å². The van der Waals surface area contributed by atoms with E-state index in [9.17, 15) is 9.59 Å². The molecular weight excluding hydrogens is 296 g/mol. The second-order valence-corrected chi connectivity index (χ2v) is 5.87. The van der Waals surface area contributed by atoms with Crippen molar-refractivity contribution in [1.29, 1.82) is 0 Å². The number of hydrogen-bond donors (Lipinski definition) is 1. The Bertz CT molecular complexity index is 746. The molecule has 0 unspecified atom stereocenters. The fraction of sp³-hybridized carbons (Fsp3) is 0.438. The highest BCUT2D eigenvalue weighted by Crippen LogP contribution is 2.23. The molecule has 2 aromatic heterocycles. The molecule has 122 valence electrons. The minimum atomic E-state index is -0.483. The molecule has 23 heavy (non-hydrogen) atoms. The zero-order valence-electron chi connectivity index (χ0n) is 13.5. The fourth-order valence-electron chi connectivity index (χ4n) is 2.88. The van der Waals surface area contributed by atoms with Crippen molar-refractivity contribution < 1.29 is 14.0 Å². The van der Waals surface area contributed by atoms with Crippen molar-refractivity contribution in [2.75, 3.05) is 5.32 Å². The second kappa shape index (κ2) is 5.91. The average Bonchev–Trinajstić information content (AvgIpc) is 3.13. The molecule has 2 aromatic rings. The Kier molecular flexibility index (Phi) is 3.94. The Balaban J connectivity index is 1.73. The maximum Gasteiger partial charge on any atom is 0.248 e. The summed E-state index contributed by atoms with van der Waals surface area (Å²) in [4.78, 5) is 26.2. The van der Waals surface area contributed by atoms with Crippen LogP contribution < -0.4 is 5.32 Å². The fourth-order valence-corrected chi connectivity index (χ4v) is 2.88. The Morgan fingerprint density at radius 1 is 1.43 bits per heavy atom. The lowest BCUT2D eigenvalue weighted by Crippen LogP contribution is -2.41. The smallest absolute Gasteiger partial charge is 0.248 e. The van der Waals surface area contributed by atoms with Crippen LogP contribution in [0.25, 0.3) is 0 Å². The number of likely N-dealkylation sites (tertiary alicyclic amines) is 1. The number of carbonyl (C=O) groups is 2. The van der Waals surface area contributed by atoms with Crippen LogP contribution in [0.3, 0.4) is 0 Å². The molecular formula is C16H20N4O3. The van der Waals surface area contributed by atoms with Gasteiger partial charge in [0, 0.05) is 19.5 Å². The number of hydrogen-bond acceptors (Lipinski definition) is 4. The highest BCUT2D eigenvalue weighted by molar-refractivity contribution is 5.98. The van der Waals surface area contributed by atoms with Crippen molar-refractivity contribution in [3.8, 4) is 0 Å². The maximum atomic E-state index is 12.6. The molecule has 1 atom stereocenters. The monoisotopic (exact) mass is 316 g/mol. The van der Waals surface area contributed by atoms with E-state index in [1.807, 2.05) is 26.0 Å². The van der Waals surface area contributed by atoms with Gasteiger partial charge in [-0.15, -0.1) is 0 Å². The van der Waals surface area contributed by atoms with Crippen LogP contribution in [-0.4, -0.2) is 32.5 Å². The number of aryl methyl sites for hydroxylation is 3. The van der Waals surface area contributed by atoms with Crippen LogP contribution >= 0.6 is 0 Å². The van der Waals surface area contributed by atoms with Crippen LogP contribution in [0.15, 0.2) is 22.6 Å². The standard InChI is InChI=1S/C16H20N4O3/c1-10-8-14(19(3)18-10)17-16(22)13-6-7-15(21)20(13)9-12-5-4-11(2)23-12/h4-5,8,13H,6-7,9H2,1-3H3,(H,17,22)/t13-/m0/s1. The molecule has 3 rings (SSSR count). The third-order valence-corrected chi connectivity index (χ3v) is 4.01. The summed E-state index contributed by atoms with van der Waals surface area (Å²) in [7, 11) is 1.77. The van der Waals surface area contributed by atoms with Gasteiger partial charge >= 0.3 is 0 Å². The number of furan rings is 1. The molecule has 0 spiro atoms. The van der Waals surface area contributed by atoms with Gasteiger partial charge in [-0.25, -0.2) is 0 Å². The number of nitrogens with zero attached hydrogens (tertiary/aromatic N) is 3. The second-order valence-electron chi connectivity index (χ2n) is 5.87. The highest BCUT2D eigenvalue weighted by Gasteiger charge is 2.36. The van der Waals surface area contributed by atoms with Crippen LogP contribution in [0, 0.1) is 13.8 Å². The van der Waals surface area contributed by atoms with Gasteiger partial charge < -0.3 is 14.6 Å². The van der Waals surface area contributed by atoms with Gasteiger partial charge in [-0.3, -0.25) is 14.3 Å². The van der Waals surface area contributed by atoms with E-state index in [1.54, 1.807) is 22.7 Å². The minimum absolute atomic E-state index is 0.0274. The van der Waals surface area contributed by atoms with Gasteiger partial charge in [0.25, 0.3) is 0 Å². The van der Waals surface area contributed by atoms with Crippen molar-refractivity contribution in [2.45, 2.75) is 39.3 Å². The van der Waals surface area contributed by atoms with Crippen molar-refractivity contribution in [3.63, 3.8) is 0 Å². The first kappa shape index (κ1) is 15.3. The summed E-state index contributed by atoms with van der Waals surface area (Å²) >= 11 is 0. The summed E-state index contributed by atoms with van der Waals surface area (Å²) < 4.78 is 7.14. The lowest BCUT2D eigenvalue weighted by molar-refractivity contribution is -0.134. The van der Waals surface area contributed by atoms with Gasteiger partial charge in [-0.1, -0.05) is 0 Å². The molecule has 7 heteroatoms. The lowest BCUT2D eigenvalue weighted by atomic mass is 10.2. The molecule has 0 aliphatic carbocycles. The number of rotatable bonds is 4. The summed E-state index contributed by atoms with van der Waals surface area (Å²) in [5.41, 5.74) is 0.827. The summed E-state index contributed by atoms with van der Waals surface area (Å²) in [6.45, 7) is 4.03. The summed E-state index contributed by atoms with van der Waals surface area (Å²) in [6.07, 6.45) is 0.892. The van der Waals surface area contributed by atoms with Gasteiger partial charge in [-0.2, -0.15) is 5.10 Å². The molecule has 1 aliphatic rings. The number of aromatic nitrogens is 2. The van der Waals surface area contributed by atoms with Crippen molar-refractivity contribution in [2.24, 2.45) is 7.05 Å². The number of amides is 2. The predicted octanol–water partition coefficient (Wildman–Crippen LogP) is 1.76. The topological polar surface area (TPSA) is 80.4 Å². The van der Waals surface area contributed by atoms with Gasteiger partial charge in [0.1, 0.15) is 23.4 Å². The maximum absolute atomic E-state index is 12.6. The third-order valence-electron chi connectivity index (χ3n) is 4.01. The quantitative estimate of drug-likeness (QED) is 0.932. The molecule has 0 bridgehead atoms. The minimum Gasteiger partial charge on any atom is -0.464 e. The van der Waals surface area contributed by atoms with E-state index >= 15 is 0 Å². The largest absolute Gasteiger partial charge is 0.464 e.